The number of hydrogen-bond acceptors (Lipinski definition) is 2. The molecule has 118 valence electrons. The summed E-state index contributed by atoms with van der Waals surface area (Å²) in [6.07, 6.45) is 0.213. The Morgan fingerprint density at radius 3 is 1.76 bits per heavy atom. The van der Waals surface area contributed by atoms with Crippen molar-refractivity contribution in [3.63, 3.8) is 0 Å². The summed E-state index contributed by atoms with van der Waals surface area (Å²) in [5.74, 6) is 0.0291. The third-order valence-corrected chi connectivity index (χ3v) is 3.57. The van der Waals surface area contributed by atoms with Crippen molar-refractivity contribution < 1.29 is 23.7 Å². The van der Waals surface area contributed by atoms with Gasteiger partial charge >= 0.3 is 18.9 Å². The number of carbonyl (C=O) groups is 1. The SMILES string of the molecule is O=C(C/C(=N\[N-]c1ccccc1)c1ccccc1)c1ccccc1.[Li+]. The third kappa shape index (κ3) is 5.46. The predicted octanol–water partition coefficient (Wildman–Crippen LogP) is 2.37. The van der Waals surface area contributed by atoms with Gasteiger partial charge in [-0.25, -0.2) is 0 Å². The van der Waals surface area contributed by atoms with Gasteiger partial charge in [-0.05, 0) is 5.56 Å². The molecule has 0 aliphatic carbocycles. The number of rotatable bonds is 6. The molecule has 4 heteroatoms. The Kier molecular flexibility index (Phi) is 7.22. The van der Waals surface area contributed by atoms with Crippen LogP contribution in [0.2, 0.25) is 0 Å². The summed E-state index contributed by atoms with van der Waals surface area (Å²) in [6, 6.07) is 28.5. The summed E-state index contributed by atoms with van der Waals surface area (Å²) < 4.78 is 0. The zero-order valence-corrected chi connectivity index (χ0v) is 14.2. The molecule has 3 nitrogen and oxygen atoms in total. The number of nitrogens with zero attached hydrogens (tertiary/aromatic N) is 2. The molecule has 0 spiro atoms. The zero-order valence-electron chi connectivity index (χ0n) is 14.2. The summed E-state index contributed by atoms with van der Waals surface area (Å²) in [6.45, 7) is 0. The number of carbonyl (C=O) groups excluding carboxylic acids is 1. The molecule has 0 aliphatic heterocycles. The van der Waals surface area contributed by atoms with Crippen LogP contribution >= 0.6 is 0 Å². The Morgan fingerprint density at radius 1 is 0.720 bits per heavy atom. The van der Waals surface area contributed by atoms with Gasteiger partial charge in [-0.3, -0.25) is 4.79 Å². The smallest absolute Gasteiger partial charge is 0.575 e. The maximum absolute atomic E-state index is 12.5. The van der Waals surface area contributed by atoms with E-state index in [2.05, 4.69) is 10.5 Å². The first-order valence-corrected chi connectivity index (χ1v) is 7.79. The Hall–Kier alpha value is -2.60. The molecule has 0 radical (unpaired) electrons. The van der Waals surface area contributed by atoms with Crippen LogP contribution in [0.15, 0.2) is 96.1 Å². The molecule has 0 unspecified atom stereocenters. The minimum absolute atomic E-state index is 0. The Morgan fingerprint density at radius 2 is 1.20 bits per heavy atom. The van der Waals surface area contributed by atoms with E-state index >= 15 is 0 Å². The fraction of sp³-hybridized carbons (Fsp3) is 0.0476. The van der Waals surface area contributed by atoms with E-state index in [-0.39, 0.29) is 31.1 Å². The van der Waals surface area contributed by atoms with E-state index in [9.17, 15) is 4.79 Å². The Labute approximate surface area is 160 Å². The van der Waals surface area contributed by atoms with Crippen molar-refractivity contribution in [2.45, 2.75) is 6.42 Å². The van der Waals surface area contributed by atoms with Gasteiger partial charge in [0.05, 0.1) is 6.42 Å². The van der Waals surface area contributed by atoms with Crippen LogP contribution in [0.1, 0.15) is 22.3 Å². The van der Waals surface area contributed by atoms with Crippen molar-refractivity contribution in [1.82, 2.24) is 0 Å². The summed E-state index contributed by atoms with van der Waals surface area (Å²) in [7, 11) is 0. The Balaban J connectivity index is 0.00000225. The summed E-state index contributed by atoms with van der Waals surface area (Å²) in [4.78, 5) is 12.5. The van der Waals surface area contributed by atoms with Crippen molar-refractivity contribution in [3.8, 4) is 0 Å². The topological polar surface area (TPSA) is 43.5 Å². The van der Waals surface area contributed by atoms with E-state index in [4.69, 9.17) is 0 Å². The predicted molar refractivity (Wildman–Crippen MR) is 97.8 cm³/mol. The molecule has 25 heavy (non-hydrogen) atoms. The molecular formula is C21H17LiN2O. The molecule has 0 saturated carbocycles. The fourth-order valence-electron chi connectivity index (χ4n) is 2.32. The maximum atomic E-state index is 12.5. The molecule has 0 aliphatic rings. The van der Waals surface area contributed by atoms with Gasteiger partial charge in [-0.1, -0.05) is 91.0 Å². The molecule has 0 bridgehead atoms. The van der Waals surface area contributed by atoms with Crippen LogP contribution in [-0.2, 0) is 0 Å². The van der Waals surface area contributed by atoms with Gasteiger partial charge < -0.3 is 10.5 Å². The molecular weight excluding hydrogens is 303 g/mol. The second kappa shape index (κ2) is 9.63. The van der Waals surface area contributed by atoms with Crippen LogP contribution in [0.3, 0.4) is 0 Å². The van der Waals surface area contributed by atoms with E-state index in [1.807, 2.05) is 91.0 Å². The first-order chi connectivity index (χ1) is 11.8. The summed E-state index contributed by atoms with van der Waals surface area (Å²) >= 11 is 0. The van der Waals surface area contributed by atoms with Crippen molar-refractivity contribution >= 4 is 17.2 Å². The van der Waals surface area contributed by atoms with Crippen LogP contribution in [0.5, 0.6) is 0 Å². The molecule has 3 aromatic carbocycles. The summed E-state index contributed by atoms with van der Waals surface area (Å²) in [5, 5.41) is 4.35. The van der Waals surface area contributed by atoms with E-state index in [0.717, 1.165) is 11.3 Å². The standard InChI is InChI=1S/C21H17N2O.Li/c24-21(18-12-6-2-7-13-18)16-20(17-10-4-1-5-11-17)23-22-19-14-8-3-9-15-19;/h1-15H,16H2;/q-1;+1/b23-20+;. The van der Waals surface area contributed by atoms with Crippen molar-refractivity contribution in [2.24, 2.45) is 5.10 Å². The molecule has 0 saturated heterocycles. The van der Waals surface area contributed by atoms with Crippen LogP contribution in [0.25, 0.3) is 5.43 Å². The minimum atomic E-state index is 0. The number of benzene rings is 3. The average molecular weight is 320 g/mol. The average Bonchev–Trinajstić information content (AvgIpc) is 2.67. The monoisotopic (exact) mass is 320 g/mol. The molecule has 0 fully saturated rings. The maximum Gasteiger partial charge on any atom is 1.00 e. The zero-order chi connectivity index (χ0) is 16.6. The van der Waals surface area contributed by atoms with Gasteiger partial charge in [0.25, 0.3) is 0 Å². The molecule has 3 rings (SSSR count). The molecule has 0 N–H and O–H groups in total. The van der Waals surface area contributed by atoms with Crippen LogP contribution < -0.4 is 18.9 Å². The van der Waals surface area contributed by atoms with E-state index in [0.29, 0.717) is 11.3 Å². The second-order valence-electron chi connectivity index (χ2n) is 5.31. The van der Waals surface area contributed by atoms with Gasteiger partial charge in [-0.2, -0.15) is 0 Å². The first kappa shape index (κ1) is 18.7. The van der Waals surface area contributed by atoms with Gasteiger partial charge in [0.1, 0.15) is 0 Å². The van der Waals surface area contributed by atoms with Crippen molar-refractivity contribution in [1.29, 1.82) is 0 Å². The van der Waals surface area contributed by atoms with Gasteiger partial charge in [-0.15, -0.1) is 5.69 Å². The first-order valence-electron chi connectivity index (χ1n) is 7.79. The normalized spacial score (nSPS) is 10.6. The molecule has 0 amide bonds. The number of hydrogen-bond donors (Lipinski definition) is 0. The van der Waals surface area contributed by atoms with E-state index in [1.54, 1.807) is 0 Å². The van der Waals surface area contributed by atoms with Gasteiger partial charge in [0.15, 0.2) is 5.78 Å². The van der Waals surface area contributed by atoms with Crippen LogP contribution in [0, 0.1) is 0 Å². The van der Waals surface area contributed by atoms with E-state index < -0.39 is 0 Å². The van der Waals surface area contributed by atoms with E-state index in [1.165, 1.54) is 0 Å². The second-order valence-corrected chi connectivity index (χ2v) is 5.31. The minimum Gasteiger partial charge on any atom is -0.575 e. The number of Topliss-reactive ketones (excluding diaryl/α,β-unsaturated/α-hetero) is 1. The van der Waals surface area contributed by atoms with Gasteiger partial charge in [0, 0.05) is 11.3 Å². The fourth-order valence-corrected chi connectivity index (χ4v) is 2.32. The molecule has 0 aromatic heterocycles. The molecule has 0 heterocycles. The molecule has 3 aromatic rings. The van der Waals surface area contributed by atoms with Crippen molar-refractivity contribution in [3.05, 3.63) is 108 Å². The quantitative estimate of drug-likeness (QED) is 0.298. The number of ketones is 1. The van der Waals surface area contributed by atoms with Crippen LogP contribution in [-0.4, -0.2) is 11.5 Å². The summed E-state index contributed by atoms with van der Waals surface area (Å²) in [5.41, 5.74) is 7.27. The van der Waals surface area contributed by atoms with Crippen molar-refractivity contribution in [2.75, 3.05) is 0 Å². The van der Waals surface area contributed by atoms with Crippen LogP contribution in [0.4, 0.5) is 5.69 Å². The Bertz CT molecular complexity index is 818. The molecule has 0 atom stereocenters. The van der Waals surface area contributed by atoms with Gasteiger partial charge in [0.2, 0.25) is 0 Å². The largest absolute Gasteiger partial charge is 1.00 e. The third-order valence-electron chi connectivity index (χ3n) is 3.57.